The van der Waals surface area contributed by atoms with Crippen molar-refractivity contribution in [3.8, 4) is 0 Å². The van der Waals surface area contributed by atoms with Gasteiger partial charge in [-0.25, -0.2) is 0 Å². The van der Waals surface area contributed by atoms with E-state index in [4.69, 9.17) is 4.52 Å². The van der Waals surface area contributed by atoms with Gasteiger partial charge in [0.1, 0.15) is 5.01 Å². The Morgan fingerprint density at radius 3 is 2.75 bits per heavy atom. The molecule has 0 fully saturated rings. The highest BCUT2D eigenvalue weighted by atomic mass is 32.2. The van der Waals surface area contributed by atoms with Gasteiger partial charge >= 0.3 is 0 Å². The quantitative estimate of drug-likeness (QED) is 0.750. The van der Waals surface area contributed by atoms with Crippen molar-refractivity contribution in [2.24, 2.45) is 0 Å². The fraction of sp³-hybridized carbons (Fsp3) is 0.545. The molecule has 108 valence electrons. The van der Waals surface area contributed by atoms with Crippen LogP contribution in [0, 0.1) is 13.8 Å². The highest BCUT2D eigenvalue weighted by Crippen LogP contribution is 2.22. The molecule has 0 radical (unpaired) electrons. The zero-order valence-corrected chi connectivity index (χ0v) is 13.1. The molecule has 9 heteroatoms. The van der Waals surface area contributed by atoms with Gasteiger partial charge in [0.25, 0.3) is 0 Å². The summed E-state index contributed by atoms with van der Waals surface area (Å²) in [5.74, 6) is 1.37. The second-order valence-electron chi connectivity index (χ2n) is 4.02. The maximum absolute atomic E-state index is 12.1. The van der Waals surface area contributed by atoms with Crippen molar-refractivity contribution >= 4 is 29.0 Å². The molecule has 0 spiro atoms. The molecule has 0 aromatic carbocycles. The lowest BCUT2D eigenvalue weighted by atomic mass is 10.4. The van der Waals surface area contributed by atoms with Crippen molar-refractivity contribution in [2.45, 2.75) is 31.7 Å². The van der Waals surface area contributed by atoms with E-state index in [0.29, 0.717) is 30.6 Å². The number of amides is 1. The maximum atomic E-state index is 12.1. The minimum atomic E-state index is 0.0150. The molecular weight excluding hydrogens is 298 g/mol. The third-order valence-electron chi connectivity index (χ3n) is 2.46. The van der Waals surface area contributed by atoms with E-state index >= 15 is 0 Å². The predicted molar refractivity (Wildman–Crippen MR) is 75.5 cm³/mol. The average Bonchev–Trinajstić information content (AvgIpc) is 3.02. The second-order valence-corrected chi connectivity index (χ2v) is 6.42. The van der Waals surface area contributed by atoms with Gasteiger partial charge in [-0.1, -0.05) is 28.3 Å². The Bertz CT molecular complexity index is 583. The van der Waals surface area contributed by atoms with Crippen LogP contribution in [0.15, 0.2) is 8.86 Å². The van der Waals surface area contributed by atoms with Crippen LogP contribution < -0.4 is 0 Å². The Kier molecular flexibility index (Phi) is 5.07. The van der Waals surface area contributed by atoms with Crippen LogP contribution in [0.3, 0.4) is 0 Å². The van der Waals surface area contributed by atoms with Crippen molar-refractivity contribution in [2.75, 3.05) is 12.3 Å². The Balaban J connectivity index is 1.88. The zero-order valence-electron chi connectivity index (χ0n) is 11.5. The fourth-order valence-electron chi connectivity index (χ4n) is 1.50. The third kappa shape index (κ3) is 4.01. The highest BCUT2D eigenvalue weighted by Gasteiger charge is 2.16. The summed E-state index contributed by atoms with van der Waals surface area (Å²) >= 11 is 2.88. The summed E-state index contributed by atoms with van der Waals surface area (Å²) in [6.45, 7) is 6.49. The number of aryl methyl sites for hydroxylation is 2. The number of carbonyl (C=O) groups excluding carboxylic acids is 1. The number of carbonyl (C=O) groups is 1. The topological polar surface area (TPSA) is 85.0 Å². The second kappa shape index (κ2) is 6.80. The van der Waals surface area contributed by atoms with Crippen LogP contribution in [-0.4, -0.2) is 43.4 Å². The molecule has 0 aliphatic rings. The molecule has 2 rings (SSSR count). The van der Waals surface area contributed by atoms with Gasteiger partial charge < -0.3 is 9.42 Å². The zero-order chi connectivity index (χ0) is 14.5. The first-order chi connectivity index (χ1) is 9.58. The largest absolute Gasteiger partial charge is 0.337 e. The monoisotopic (exact) mass is 313 g/mol. The molecule has 7 nitrogen and oxygen atoms in total. The average molecular weight is 313 g/mol. The van der Waals surface area contributed by atoms with E-state index in [9.17, 15) is 4.79 Å². The Morgan fingerprint density at radius 2 is 2.20 bits per heavy atom. The Labute approximate surface area is 124 Å². The summed E-state index contributed by atoms with van der Waals surface area (Å²) in [6.07, 6.45) is 0. The van der Waals surface area contributed by atoms with Gasteiger partial charge in [0, 0.05) is 6.54 Å². The summed E-state index contributed by atoms with van der Waals surface area (Å²) in [7, 11) is 0. The SMILES string of the molecule is CCN(Cc1nc(C)no1)C(=O)CSc1nnc(C)s1. The summed E-state index contributed by atoms with van der Waals surface area (Å²) in [5, 5.41) is 12.5. The van der Waals surface area contributed by atoms with E-state index in [1.807, 2.05) is 13.8 Å². The van der Waals surface area contributed by atoms with Crippen molar-refractivity contribution in [3.05, 3.63) is 16.7 Å². The maximum Gasteiger partial charge on any atom is 0.246 e. The van der Waals surface area contributed by atoms with E-state index in [-0.39, 0.29) is 5.91 Å². The van der Waals surface area contributed by atoms with Crippen molar-refractivity contribution < 1.29 is 9.32 Å². The van der Waals surface area contributed by atoms with Crippen molar-refractivity contribution in [3.63, 3.8) is 0 Å². The number of aromatic nitrogens is 4. The standard InChI is InChI=1S/C11H15N5O2S2/c1-4-16(5-9-12-7(2)15-18-9)10(17)6-19-11-14-13-8(3)20-11/h4-6H2,1-3H3. The van der Waals surface area contributed by atoms with E-state index < -0.39 is 0 Å². The summed E-state index contributed by atoms with van der Waals surface area (Å²) in [5.41, 5.74) is 0. The number of nitrogens with zero attached hydrogens (tertiary/aromatic N) is 5. The summed E-state index contributed by atoms with van der Waals surface area (Å²) in [6, 6.07) is 0. The van der Waals surface area contributed by atoms with Crippen LogP contribution in [-0.2, 0) is 11.3 Å². The Hall–Kier alpha value is -1.48. The minimum Gasteiger partial charge on any atom is -0.337 e. The first kappa shape index (κ1) is 14.9. The van der Waals surface area contributed by atoms with Crippen molar-refractivity contribution in [1.29, 1.82) is 0 Å². The highest BCUT2D eigenvalue weighted by molar-refractivity contribution is 8.01. The van der Waals surface area contributed by atoms with Crippen LogP contribution in [0.4, 0.5) is 0 Å². The minimum absolute atomic E-state index is 0.0150. The van der Waals surface area contributed by atoms with Gasteiger partial charge in [-0.2, -0.15) is 4.98 Å². The van der Waals surface area contributed by atoms with Crippen LogP contribution >= 0.6 is 23.1 Å². The van der Waals surface area contributed by atoms with E-state index in [2.05, 4.69) is 20.3 Å². The van der Waals surface area contributed by atoms with Crippen LogP contribution in [0.2, 0.25) is 0 Å². The molecular formula is C11H15N5O2S2. The van der Waals surface area contributed by atoms with Crippen LogP contribution in [0.5, 0.6) is 0 Å². The molecule has 0 unspecified atom stereocenters. The molecule has 0 aliphatic carbocycles. The smallest absolute Gasteiger partial charge is 0.246 e. The fourth-order valence-corrected chi connectivity index (χ4v) is 3.21. The lowest BCUT2D eigenvalue weighted by Crippen LogP contribution is -2.31. The normalized spacial score (nSPS) is 10.8. The van der Waals surface area contributed by atoms with Gasteiger partial charge in [0.2, 0.25) is 11.8 Å². The number of hydrogen-bond acceptors (Lipinski definition) is 8. The van der Waals surface area contributed by atoms with Gasteiger partial charge in [-0.3, -0.25) is 4.79 Å². The molecule has 0 N–H and O–H groups in total. The van der Waals surface area contributed by atoms with Gasteiger partial charge in [0.15, 0.2) is 10.2 Å². The van der Waals surface area contributed by atoms with E-state index in [1.165, 1.54) is 23.1 Å². The van der Waals surface area contributed by atoms with Gasteiger partial charge in [0.05, 0.1) is 12.3 Å². The molecule has 20 heavy (non-hydrogen) atoms. The summed E-state index contributed by atoms with van der Waals surface area (Å²) < 4.78 is 5.84. The lowest BCUT2D eigenvalue weighted by Gasteiger charge is -2.18. The number of thioether (sulfide) groups is 1. The molecule has 0 atom stereocenters. The number of hydrogen-bond donors (Lipinski definition) is 0. The molecule has 0 saturated carbocycles. The van der Waals surface area contributed by atoms with E-state index in [0.717, 1.165) is 9.35 Å². The van der Waals surface area contributed by atoms with Gasteiger partial charge in [-0.15, -0.1) is 10.2 Å². The van der Waals surface area contributed by atoms with Crippen LogP contribution in [0.1, 0.15) is 23.6 Å². The van der Waals surface area contributed by atoms with Crippen molar-refractivity contribution in [1.82, 2.24) is 25.2 Å². The Morgan fingerprint density at radius 1 is 1.40 bits per heavy atom. The number of rotatable bonds is 6. The van der Waals surface area contributed by atoms with E-state index in [1.54, 1.807) is 11.8 Å². The molecule has 2 heterocycles. The first-order valence-electron chi connectivity index (χ1n) is 6.08. The summed E-state index contributed by atoms with van der Waals surface area (Å²) in [4.78, 5) is 17.9. The van der Waals surface area contributed by atoms with Crippen LogP contribution in [0.25, 0.3) is 0 Å². The first-order valence-corrected chi connectivity index (χ1v) is 7.88. The lowest BCUT2D eigenvalue weighted by molar-refractivity contribution is -0.129. The molecule has 0 bridgehead atoms. The molecule has 0 saturated heterocycles. The molecule has 0 aliphatic heterocycles. The molecule has 1 amide bonds. The predicted octanol–water partition coefficient (Wildman–Crippen LogP) is 1.68. The molecule has 2 aromatic rings. The van der Waals surface area contributed by atoms with Gasteiger partial charge in [-0.05, 0) is 20.8 Å². The molecule has 2 aromatic heterocycles. The third-order valence-corrected chi connectivity index (χ3v) is 4.41.